The minimum absolute atomic E-state index is 0.0679. The molecular formula is C10H16BrF3O. The maximum atomic E-state index is 11.7. The lowest BCUT2D eigenvalue weighted by Crippen LogP contribution is -2.19. The second-order valence-corrected chi connectivity index (χ2v) is 4.32. The fourth-order valence-electron chi connectivity index (χ4n) is 0.989. The molecular weight excluding hydrogens is 273 g/mol. The lowest BCUT2D eigenvalue weighted by Gasteiger charge is -2.22. The van der Waals surface area contributed by atoms with Crippen LogP contribution in [0.3, 0.4) is 0 Å². The molecule has 0 N–H and O–H groups in total. The van der Waals surface area contributed by atoms with Gasteiger partial charge in [0.1, 0.15) is 6.61 Å². The van der Waals surface area contributed by atoms with Gasteiger partial charge < -0.3 is 4.74 Å². The van der Waals surface area contributed by atoms with Crippen molar-refractivity contribution in [3.8, 4) is 0 Å². The lowest BCUT2D eigenvalue weighted by molar-refractivity contribution is -0.174. The zero-order valence-corrected chi connectivity index (χ0v) is 10.3. The van der Waals surface area contributed by atoms with Crippen molar-refractivity contribution in [3.63, 3.8) is 0 Å². The molecule has 0 rings (SSSR count). The summed E-state index contributed by atoms with van der Waals surface area (Å²) in [5.41, 5.74) is -0.0679. The zero-order chi connectivity index (χ0) is 11.9. The third-order valence-corrected chi connectivity index (χ3v) is 3.38. The standard InChI is InChI=1S/C10H16BrF3O/c1-3-9(2,7-11)5-4-6-15-8-10(12,13)14/h3H,1,4-8H2,2H3. The molecule has 0 saturated heterocycles. The minimum Gasteiger partial charge on any atom is -0.372 e. The summed E-state index contributed by atoms with van der Waals surface area (Å²) in [5, 5.41) is 0.753. The molecule has 90 valence electrons. The van der Waals surface area contributed by atoms with Gasteiger partial charge in [0.15, 0.2) is 0 Å². The van der Waals surface area contributed by atoms with Crippen LogP contribution in [0.25, 0.3) is 0 Å². The number of rotatable bonds is 7. The SMILES string of the molecule is C=CC(C)(CBr)CCCOCC(F)(F)F. The average Bonchev–Trinajstić information content (AvgIpc) is 2.15. The number of alkyl halides is 4. The molecule has 15 heavy (non-hydrogen) atoms. The van der Waals surface area contributed by atoms with Crippen LogP contribution in [0.5, 0.6) is 0 Å². The van der Waals surface area contributed by atoms with E-state index >= 15 is 0 Å². The molecule has 0 saturated carbocycles. The molecule has 0 aliphatic carbocycles. The Kier molecular flexibility index (Phi) is 6.52. The van der Waals surface area contributed by atoms with E-state index in [0.717, 1.165) is 11.8 Å². The molecule has 0 aromatic carbocycles. The van der Waals surface area contributed by atoms with Gasteiger partial charge in [-0.15, -0.1) is 6.58 Å². The van der Waals surface area contributed by atoms with Crippen molar-refractivity contribution >= 4 is 15.9 Å². The Morgan fingerprint density at radius 3 is 2.40 bits per heavy atom. The summed E-state index contributed by atoms with van der Waals surface area (Å²) >= 11 is 3.34. The smallest absolute Gasteiger partial charge is 0.372 e. The first-order valence-electron chi connectivity index (χ1n) is 4.67. The number of ether oxygens (including phenoxy) is 1. The Balaban J connectivity index is 3.58. The van der Waals surface area contributed by atoms with Gasteiger partial charge in [0.2, 0.25) is 0 Å². The van der Waals surface area contributed by atoms with Gasteiger partial charge in [-0.3, -0.25) is 0 Å². The highest BCUT2D eigenvalue weighted by molar-refractivity contribution is 9.09. The fraction of sp³-hybridized carbons (Fsp3) is 0.800. The van der Waals surface area contributed by atoms with Crippen molar-refractivity contribution in [2.45, 2.75) is 25.9 Å². The third-order valence-electron chi connectivity index (χ3n) is 2.10. The summed E-state index contributed by atoms with van der Waals surface area (Å²) < 4.78 is 39.6. The maximum Gasteiger partial charge on any atom is 0.411 e. The van der Waals surface area contributed by atoms with Crippen LogP contribution in [0.1, 0.15) is 19.8 Å². The molecule has 0 aliphatic rings. The van der Waals surface area contributed by atoms with Gasteiger partial charge in [-0.05, 0) is 18.3 Å². The van der Waals surface area contributed by atoms with Gasteiger partial charge in [0, 0.05) is 11.9 Å². The molecule has 1 unspecified atom stereocenters. The molecule has 0 bridgehead atoms. The first kappa shape index (κ1) is 15.0. The van der Waals surface area contributed by atoms with E-state index < -0.39 is 12.8 Å². The van der Waals surface area contributed by atoms with Crippen LogP contribution in [-0.4, -0.2) is 24.7 Å². The molecule has 0 spiro atoms. The van der Waals surface area contributed by atoms with Crippen LogP contribution in [0.4, 0.5) is 13.2 Å². The summed E-state index contributed by atoms with van der Waals surface area (Å²) in [6, 6.07) is 0. The number of allylic oxidation sites excluding steroid dienone is 1. The number of hydrogen-bond acceptors (Lipinski definition) is 1. The van der Waals surface area contributed by atoms with E-state index in [9.17, 15) is 13.2 Å². The van der Waals surface area contributed by atoms with Gasteiger partial charge in [0.05, 0.1) is 0 Å². The van der Waals surface area contributed by atoms with E-state index in [1.54, 1.807) is 0 Å². The van der Waals surface area contributed by atoms with Crippen molar-refractivity contribution in [2.75, 3.05) is 18.5 Å². The minimum atomic E-state index is -4.23. The molecule has 0 heterocycles. The highest BCUT2D eigenvalue weighted by Gasteiger charge is 2.27. The molecule has 1 atom stereocenters. The first-order chi connectivity index (χ1) is 6.83. The van der Waals surface area contributed by atoms with Crippen molar-refractivity contribution in [2.24, 2.45) is 5.41 Å². The lowest BCUT2D eigenvalue weighted by atomic mass is 9.88. The summed E-state index contributed by atoms with van der Waals surface area (Å²) in [4.78, 5) is 0. The normalized spacial score (nSPS) is 16.1. The van der Waals surface area contributed by atoms with Crippen LogP contribution in [-0.2, 0) is 4.74 Å². The van der Waals surface area contributed by atoms with E-state index in [2.05, 4.69) is 27.2 Å². The molecule has 0 aromatic rings. The highest BCUT2D eigenvalue weighted by atomic mass is 79.9. The Hall–Kier alpha value is -0.0300. The highest BCUT2D eigenvalue weighted by Crippen LogP contribution is 2.26. The Morgan fingerprint density at radius 2 is 2.00 bits per heavy atom. The average molecular weight is 289 g/mol. The second-order valence-electron chi connectivity index (χ2n) is 3.76. The quantitative estimate of drug-likeness (QED) is 0.392. The van der Waals surface area contributed by atoms with Crippen LogP contribution in [0.15, 0.2) is 12.7 Å². The van der Waals surface area contributed by atoms with Gasteiger partial charge in [0.25, 0.3) is 0 Å². The molecule has 0 fully saturated rings. The van der Waals surface area contributed by atoms with Gasteiger partial charge in [-0.25, -0.2) is 0 Å². The van der Waals surface area contributed by atoms with E-state index in [-0.39, 0.29) is 12.0 Å². The largest absolute Gasteiger partial charge is 0.411 e. The topological polar surface area (TPSA) is 9.23 Å². The predicted molar refractivity (Wildman–Crippen MR) is 58.2 cm³/mol. The van der Waals surface area contributed by atoms with E-state index in [1.807, 2.05) is 13.0 Å². The number of hydrogen-bond donors (Lipinski definition) is 0. The third kappa shape index (κ3) is 7.85. The van der Waals surface area contributed by atoms with E-state index in [1.165, 1.54) is 0 Å². The Morgan fingerprint density at radius 1 is 1.40 bits per heavy atom. The molecule has 0 radical (unpaired) electrons. The van der Waals surface area contributed by atoms with Crippen LogP contribution >= 0.6 is 15.9 Å². The molecule has 1 nitrogen and oxygen atoms in total. The first-order valence-corrected chi connectivity index (χ1v) is 5.79. The van der Waals surface area contributed by atoms with E-state index in [4.69, 9.17) is 0 Å². The maximum absolute atomic E-state index is 11.7. The van der Waals surface area contributed by atoms with Gasteiger partial charge >= 0.3 is 6.18 Å². The summed E-state index contributed by atoms with van der Waals surface area (Å²) in [5.74, 6) is 0. The van der Waals surface area contributed by atoms with Crippen molar-refractivity contribution < 1.29 is 17.9 Å². The molecule has 0 aromatic heterocycles. The van der Waals surface area contributed by atoms with Crippen LogP contribution < -0.4 is 0 Å². The fourth-order valence-corrected chi connectivity index (χ4v) is 1.50. The molecule has 5 heteroatoms. The monoisotopic (exact) mass is 288 g/mol. The number of halogens is 4. The summed E-state index contributed by atoms with van der Waals surface area (Å²) in [6.07, 6.45) is -1.05. The Bertz CT molecular complexity index is 194. The second kappa shape index (κ2) is 6.53. The molecule has 0 aliphatic heterocycles. The van der Waals surface area contributed by atoms with Gasteiger partial charge in [-0.1, -0.05) is 28.9 Å². The zero-order valence-electron chi connectivity index (χ0n) is 8.74. The summed E-state index contributed by atoms with van der Waals surface area (Å²) in [6.45, 7) is 4.66. The van der Waals surface area contributed by atoms with Crippen LogP contribution in [0, 0.1) is 5.41 Å². The molecule has 0 amide bonds. The van der Waals surface area contributed by atoms with Crippen LogP contribution in [0.2, 0.25) is 0 Å². The van der Waals surface area contributed by atoms with Crippen molar-refractivity contribution in [3.05, 3.63) is 12.7 Å². The van der Waals surface area contributed by atoms with Crippen molar-refractivity contribution in [1.82, 2.24) is 0 Å². The van der Waals surface area contributed by atoms with E-state index in [0.29, 0.717) is 6.42 Å². The predicted octanol–water partition coefficient (Wildman–Crippen LogP) is 3.93. The van der Waals surface area contributed by atoms with Crippen molar-refractivity contribution in [1.29, 1.82) is 0 Å². The Labute approximate surface area is 96.8 Å². The van der Waals surface area contributed by atoms with Gasteiger partial charge in [-0.2, -0.15) is 13.2 Å². The summed E-state index contributed by atoms with van der Waals surface area (Å²) in [7, 11) is 0.